The molecule has 0 amide bonds. The monoisotopic (exact) mass is 520 g/mol. The summed E-state index contributed by atoms with van der Waals surface area (Å²) in [5, 5.41) is 0.725. The first-order valence-corrected chi connectivity index (χ1v) is 8.84. The Balaban J connectivity index is 0.00000208. The van der Waals surface area contributed by atoms with E-state index in [9.17, 15) is 0 Å². The van der Waals surface area contributed by atoms with Gasteiger partial charge in [0.25, 0.3) is 5.82 Å². The molecule has 0 aliphatic rings. The predicted octanol–water partition coefficient (Wildman–Crippen LogP) is 1.76. The van der Waals surface area contributed by atoms with Crippen molar-refractivity contribution in [3.8, 4) is 5.75 Å². The van der Waals surface area contributed by atoms with E-state index >= 15 is 0 Å². The Hall–Kier alpha value is -0.790. The molecule has 0 fully saturated rings. The van der Waals surface area contributed by atoms with Gasteiger partial charge in [0.05, 0.1) is 11.6 Å². The van der Waals surface area contributed by atoms with Crippen molar-refractivity contribution in [3.05, 3.63) is 57.8 Å². The largest absolute Gasteiger partial charge is 1.00 e. The van der Waals surface area contributed by atoms with Crippen molar-refractivity contribution in [2.24, 2.45) is 0 Å². The molecular weight excluding hydrogens is 502 g/mol. The molecule has 0 aliphatic heterocycles. The molecule has 1 heterocycles. The van der Waals surface area contributed by atoms with Gasteiger partial charge in [-0.05, 0) is 35.0 Å². The molecule has 0 unspecified atom stereocenters. The van der Waals surface area contributed by atoms with Gasteiger partial charge in [0, 0.05) is 23.5 Å². The van der Waals surface area contributed by atoms with E-state index in [-0.39, 0.29) is 24.0 Å². The summed E-state index contributed by atoms with van der Waals surface area (Å²) < 4.78 is 11.3. The average molecular weight is 522 g/mol. The molecule has 0 spiro atoms. The van der Waals surface area contributed by atoms with Crippen molar-refractivity contribution in [1.82, 2.24) is 4.57 Å². The molecular formula is C18H19BrClIN2O. The van der Waals surface area contributed by atoms with Crippen molar-refractivity contribution in [3.63, 3.8) is 0 Å². The first-order valence-electron chi connectivity index (χ1n) is 7.67. The molecule has 3 rings (SSSR count). The van der Waals surface area contributed by atoms with Gasteiger partial charge in [-0.1, -0.05) is 29.8 Å². The van der Waals surface area contributed by atoms with Crippen LogP contribution in [0.4, 0.5) is 0 Å². The third-order valence-electron chi connectivity index (χ3n) is 4.02. The van der Waals surface area contributed by atoms with Gasteiger partial charge < -0.3 is 28.7 Å². The number of fused-ring (bicyclic) bond motifs is 1. The van der Waals surface area contributed by atoms with Gasteiger partial charge in [-0.15, -0.1) is 0 Å². The maximum Gasteiger partial charge on any atom is 0.254 e. The smallest absolute Gasteiger partial charge is 0.254 e. The number of para-hydroxylation sites is 1. The minimum Gasteiger partial charge on any atom is -1.00 e. The number of aromatic nitrogens is 2. The van der Waals surface area contributed by atoms with Crippen LogP contribution in [0.2, 0.25) is 5.02 Å². The van der Waals surface area contributed by atoms with E-state index in [0.29, 0.717) is 6.61 Å². The Kier molecular flexibility index (Phi) is 6.95. The number of hydrogen-bond acceptors (Lipinski definition) is 1. The summed E-state index contributed by atoms with van der Waals surface area (Å²) in [6.45, 7) is 6.60. The molecule has 1 aromatic heterocycles. The summed E-state index contributed by atoms with van der Waals surface area (Å²) in [6, 6.07) is 14.0. The second-order valence-electron chi connectivity index (χ2n) is 5.36. The Morgan fingerprint density at radius 1 is 1.21 bits per heavy atom. The number of rotatable bonds is 5. The predicted molar refractivity (Wildman–Crippen MR) is 97.2 cm³/mol. The van der Waals surface area contributed by atoms with E-state index < -0.39 is 0 Å². The summed E-state index contributed by atoms with van der Waals surface area (Å²) in [4.78, 5) is 0. The number of nitrogens with zero attached hydrogens (tertiary/aromatic N) is 2. The molecule has 0 saturated carbocycles. The molecule has 0 aliphatic carbocycles. The van der Waals surface area contributed by atoms with Crippen LogP contribution in [-0.2, 0) is 13.1 Å². The number of benzene rings is 2. The zero-order valence-electron chi connectivity index (χ0n) is 13.6. The van der Waals surface area contributed by atoms with Crippen molar-refractivity contribution in [2.75, 3.05) is 6.61 Å². The van der Waals surface area contributed by atoms with Gasteiger partial charge in [0.2, 0.25) is 0 Å². The summed E-state index contributed by atoms with van der Waals surface area (Å²) in [7, 11) is 0. The highest BCUT2D eigenvalue weighted by molar-refractivity contribution is 9.10. The summed E-state index contributed by atoms with van der Waals surface area (Å²) in [5.41, 5.74) is 2.31. The van der Waals surface area contributed by atoms with Crippen LogP contribution in [-0.4, -0.2) is 11.2 Å². The fourth-order valence-electron chi connectivity index (χ4n) is 2.91. The standard InChI is InChI=1S/C18H19BrClN2O.HI/c1-3-21-13(2)22(9-10-23-14-7-5-4-6-8-14)18-12-16(20)15(19)11-17(18)21;/h4-8,11-12H,3,9-10H2,1-2H3;1H/q+1;/p-1. The Labute approximate surface area is 172 Å². The van der Waals surface area contributed by atoms with Gasteiger partial charge in [-0.25, -0.2) is 9.13 Å². The lowest BCUT2D eigenvalue weighted by Gasteiger charge is -2.05. The van der Waals surface area contributed by atoms with Gasteiger partial charge in [0.1, 0.15) is 18.9 Å². The zero-order valence-corrected chi connectivity index (χ0v) is 18.1. The molecule has 0 atom stereocenters. The molecule has 0 saturated heterocycles. The van der Waals surface area contributed by atoms with Crippen LogP contribution in [0.25, 0.3) is 11.0 Å². The highest BCUT2D eigenvalue weighted by Gasteiger charge is 2.22. The minimum absolute atomic E-state index is 0. The number of imidazole rings is 1. The van der Waals surface area contributed by atoms with Crippen LogP contribution in [0.5, 0.6) is 5.75 Å². The topological polar surface area (TPSA) is 18.0 Å². The van der Waals surface area contributed by atoms with E-state index in [1.807, 2.05) is 36.4 Å². The SMILES string of the molecule is CCn1c(C)[n+](CCOc2ccccc2)c2cc(Cl)c(Br)cc21.[I-]. The number of hydrogen-bond donors (Lipinski definition) is 0. The second-order valence-corrected chi connectivity index (χ2v) is 6.62. The number of aryl methyl sites for hydroxylation is 1. The first-order chi connectivity index (χ1) is 11.1. The summed E-state index contributed by atoms with van der Waals surface area (Å²) >= 11 is 9.81. The van der Waals surface area contributed by atoms with Crippen LogP contribution in [0.15, 0.2) is 46.9 Å². The minimum atomic E-state index is 0. The maximum absolute atomic E-state index is 6.29. The Morgan fingerprint density at radius 2 is 1.92 bits per heavy atom. The Morgan fingerprint density at radius 3 is 2.58 bits per heavy atom. The first kappa shape index (κ1) is 19.5. The zero-order chi connectivity index (χ0) is 16.4. The van der Waals surface area contributed by atoms with Crippen LogP contribution in [0.1, 0.15) is 12.7 Å². The van der Waals surface area contributed by atoms with Gasteiger partial charge in [-0.3, -0.25) is 0 Å². The van der Waals surface area contributed by atoms with E-state index in [2.05, 4.69) is 45.0 Å². The molecule has 24 heavy (non-hydrogen) atoms. The van der Waals surface area contributed by atoms with Crippen molar-refractivity contribution >= 4 is 38.6 Å². The van der Waals surface area contributed by atoms with E-state index in [4.69, 9.17) is 16.3 Å². The lowest BCUT2D eigenvalue weighted by molar-refractivity contribution is -0.679. The van der Waals surface area contributed by atoms with E-state index in [1.54, 1.807) is 0 Å². The van der Waals surface area contributed by atoms with Crippen LogP contribution < -0.4 is 33.3 Å². The van der Waals surface area contributed by atoms with Crippen LogP contribution in [0, 0.1) is 6.92 Å². The third kappa shape index (κ3) is 3.89. The lowest BCUT2D eigenvalue weighted by Crippen LogP contribution is -3.00. The second kappa shape index (κ2) is 8.54. The van der Waals surface area contributed by atoms with Crippen molar-refractivity contribution in [2.45, 2.75) is 26.9 Å². The number of ether oxygens (including phenoxy) is 1. The average Bonchev–Trinajstić information content (AvgIpc) is 2.80. The van der Waals surface area contributed by atoms with Gasteiger partial charge in [0.15, 0.2) is 11.0 Å². The normalized spacial score (nSPS) is 10.7. The highest BCUT2D eigenvalue weighted by atomic mass is 127. The highest BCUT2D eigenvalue weighted by Crippen LogP contribution is 2.28. The fourth-order valence-corrected chi connectivity index (χ4v) is 3.39. The molecule has 0 bridgehead atoms. The number of halogens is 3. The third-order valence-corrected chi connectivity index (χ3v) is 5.22. The maximum atomic E-state index is 6.29. The van der Waals surface area contributed by atoms with Gasteiger partial charge in [-0.2, -0.15) is 0 Å². The molecule has 2 aromatic carbocycles. The van der Waals surface area contributed by atoms with Crippen molar-refractivity contribution in [1.29, 1.82) is 0 Å². The molecule has 0 N–H and O–H groups in total. The molecule has 128 valence electrons. The van der Waals surface area contributed by atoms with E-state index in [1.165, 1.54) is 11.3 Å². The van der Waals surface area contributed by atoms with Crippen LogP contribution in [0.3, 0.4) is 0 Å². The summed E-state index contributed by atoms with van der Waals surface area (Å²) in [5.74, 6) is 2.10. The van der Waals surface area contributed by atoms with Gasteiger partial charge >= 0.3 is 0 Å². The molecule has 0 radical (unpaired) electrons. The summed E-state index contributed by atoms with van der Waals surface area (Å²) in [6.07, 6.45) is 0. The Bertz CT molecular complexity index is 836. The fraction of sp³-hybridized carbons (Fsp3) is 0.278. The lowest BCUT2D eigenvalue weighted by atomic mass is 10.3. The van der Waals surface area contributed by atoms with E-state index in [0.717, 1.165) is 33.9 Å². The van der Waals surface area contributed by atoms with Crippen LogP contribution >= 0.6 is 27.5 Å². The molecule has 3 nitrogen and oxygen atoms in total. The molecule has 6 heteroatoms. The van der Waals surface area contributed by atoms with Crippen molar-refractivity contribution < 1.29 is 33.3 Å². The quantitative estimate of drug-likeness (QED) is 0.370. The molecule has 3 aromatic rings.